The molecule has 3 aromatic carbocycles. The number of ether oxygens (including phenoxy) is 12. The molecule has 2 aliphatic rings. The van der Waals surface area contributed by atoms with E-state index < -0.39 is 122 Å². The molecule has 19 nitrogen and oxygen atoms in total. The van der Waals surface area contributed by atoms with Gasteiger partial charge in [0.1, 0.15) is 43.2 Å². The van der Waals surface area contributed by atoms with Gasteiger partial charge in [-0.1, -0.05) is 91.0 Å². The minimum absolute atomic E-state index is 0.0667. The van der Waals surface area contributed by atoms with E-state index in [0.717, 1.165) is 51.5 Å². The van der Waals surface area contributed by atoms with Gasteiger partial charge in [0.25, 0.3) is 5.79 Å². The fraction of sp³-hybridized carbons (Fsp3) is 0.500. The van der Waals surface area contributed by atoms with Gasteiger partial charge in [-0.3, -0.25) is 24.0 Å². The van der Waals surface area contributed by atoms with E-state index >= 15 is 0 Å². The molecule has 364 valence electrons. The average molecular weight is 938 g/mol. The van der Waals surface area contributed by atoms with E-state index in [1.54, 1.807) is 0 Å². The Kier molecular flexibility index (Phi) is 19.8. The highest BCUT2D eigenvalue weighted by Crippen LogP contribution is 2.39. The lowest BCUT2D eigenvalue weighted by Gasteiger charge is -2.49. The molecule has 0 aliphatic carbocycles. The maximum Gasteiger partial charge on any atom is 0.366 e. The van der Waals surface area contributed by atoms with Crippen LogP contribution in [0.4, 0.5) is 0 Å². The zero-order valence-electron chi connectivity index (χ0n) is 38.5. The van der Waals surface area contributed by atoms with E-state index in [0.29, 0.717) is 0 Å². The summed E-state index contributed by atoms with van der Waals surface area (Å²) in [6.45, 7) is 4.60. The Morgan fingerprint density at radius 2 is 1.19 bits per heavy atom. The Bertz CT molecular complexity index is 2070. The third-order valence-corrected chi connectivity index (χ3v) is 10.7. The van der Waals surface area contributed by atoms with Crippen LogP contribution in [0.25, 0.3) is 0 Å². The Balaban J connectivity index is 1.60. The summed E-state index contributed by atoms with van der Waals surface area (Å²) >= 11 is 0. The molecule has 0 unspecified atom stereocenters. The Labute approximate surface area is 388 Å². The number of hydrogen-bond donors (Lipinski definition) is 1. The first kappa shape index (κ1) is 52.2. The lowest BCUT2D eigenvalue weighted by atomic mass is 9.87. The molecule has 3 aromatic rings. The first-order valence-electron chi connectivity index (χ1n) is 21.6. The zero-order chi connectivity index (χ0) is 48.5. The van der Waals surface area contributed by atoms with Crippen molar-refractivity contribution in [1.82, 2.24) is 5.32 Å². The largest absolute Gasteiger partial charge is 0.465 e. The normalized spacial score (nSPS) is 25.7. The number of benzene rings is 3. The maximum atomic E-state index is 14.3. The van der Waals surface area contributed by atoms with Crippen molar-refractivity contribution in [3.05, 3.63) is 108 Å². The van der Waals surface area contributed by atoms with Gasteiger partial charge in [-0.05, 0) is 16.7 Å². The Morgan fingerprint density at radius 3 is 1.66 bits per heavy atom. The number of methoxy groups -OCH3 is 2. The predicted octanol–water partition coefficient (Wildman–Crippen LogP) is 3.65. The zero-order valence-corrected chi connectivity index (χ0v) is 38.5. The quantitative estimate of drug-likeness (QED) is 0.112. The molecular formula is C48H59NO18. The van der Waals surface area contributed by atoms with Crippen LogP contribution in [0.1, 0.15) is 57.7 Å². The van der Waals surface area contributed by atoms with Crippen molar-refractivity contribution in [3.8, 4) is 0 Å². The van der Waals surface area contributed by atoms with E-state index in [1.807, 2.05) is 91.0 Å². The molecule has 2 heterocycles. The van der Waals surface area contributed by atoms with Crippen molar-refractivity contribution in [2.45, 2.75) is 128 Å². The van der Waals surface area contributed by atoms with Crippen LogP contribution < -0.4 is 5.32 Å². The highest BCUT2D eigenvalue weighted by Gasteiger charge is 2.60. The number of carbonyl (C=O) groups excluding carboxylic acids is 6. The summed E-state index contributed by atoms with van der Waals surface area (Å²) in [6.07, 6.45) is -12.3. The van der Waals surface area contributed by atoms with E-state index in [4.69, 9.17) is 56.8 Å². The van der Waals surface area contributed by atoms with Gasteiger partial charge in [-0.2, -0.15) is 0 Å². The van der Waals surface area contributed by atoms with Gasteiger partial charge in [-0.25, -0.2) is 4.79 Å². The number of amides is 1. The minimum atomic E-state index is -2.55. The third-order valence-electron chi connectivity index (χ3n) is 10.7. The monoisotopic (exact) mass is 937 g/mol. The van der Waals surface area contributed by atoms with Crippen molar-refractivity contribution >= 4 is 35.8 Å². The molecule has 0 aromatic heterocycles. The minimum Gasteiger partial charge on any atom is -0.465 e. The topological polar surface area (TPSA) is 225 Å². The SMILES string of the molecule is COC(=O)[C@@]1(OC[C@H]2O[C@@H](OC)[C@H](OCc3ccccc3)[C@@H](OCc3ccccc3)[C@H]2OCc2ccccc2)C[C@H](OC(C)=O)[C@@H](NC(C)=O)[C@H]([C@H](OC(C)=O)[C@@H](COC(C)=O)OC(C)=O)O1. The molecule has 19 heteroatoms. The fourth-order valence-corrected chi connectivity index (χ4v) is 7.83. The van der Waals surface area contributed by atoms with Gasteiger partial charge in [0.15, 0.2) is 18.5 Å². The number of rotatable bonds is 22. The summed E-state index contributed by atoms with van der Waals surface area (Å²) in [7, 11) is 2.49. The maximum absolute atomic E-state index is 14.3. The summed E-state index contributed by atoms with van der Waals surface area (Å²) < 4.78 is 72.9. The average Bonchev–Trinajstić information content (AvgIpc) is 3.30. The van der Waals surface area contributed by atoms with Crippen molar-refractivity contribution in [1.29, 1.82) is 0 Å². The molecule has 0 spiro atoms. The Morgan fingerprint density at radius 1 is 0.672 bits per heavy atom. The second kappa shape index (κ2) is 25.4. The fourth-order valence-electron chi connectivity index (χ4n) is 7.83. The molecule has 0 bridgehead atoms. The molecule has 5 rings (SSSR count). The van der Waals surface area contributed by atoms with Gasteiger partial charge in [0, 0.05) is 41.7 Å². The van der Waals surface area contributed by atoms with Gasteiger partial charge < -0.3 is 62.2 Å². The van der Waals surface area contributed by atoms with E-state index in [-0.39, 0.29) is 19.8 Å². The van der Waals surface area contributed by atoms with Crippen LogP contribution in [0.5, 0.6) is 0 Å². The summed E-state index contributed by atoms with van der Waals surface area (Å²) in [6, 6.07) is 26.9. The molecule has 1 amide bonds. The second-order valence-corrected chi connectivity index (χ2v) is 15.8. The van der Waals surface area contributed by atoms with Crippen molar-refractivity contribution in [3.63, 3.8) is 0 Å². The number of esters is 5. The van der Waals surface area contributed by atoms with Crippen molar-refractivity contribution in [2.24, 2.45) is 0 Å². The summed E-state index contributed by atoms with van der Waals surface area (Å²) in [5, 5.41) is 2.65. The molecule has 67 heavy (non-hydrogen) atoms. The van der Waals surface area contributed by atoms with Crippen LogP contribution in [0.3, 0.4) is 0 Å². The van der Waals surface area contributed by atoms with E-state index in [9.17, 15) is 28.8 Å². The number of carbonyl (C=O) groups is 6. The second-order valence-electron chi connectivity index (χ2n) is 15.8. The van der Waals surface area contributed by atoms with Crippen LogP contribution in [0.2, 0.25) is 0 Å². The molecule has 2 saturated heterocycles. The standard InChI is InChI=1S/C48H59NO18/c1-29(50)49-40-37(63-31(3)52)23-48(47(55)57-7,67-43(40)42(65-33(5)54)38(64-32(4)53)27-58-30(2)51)62-28-39-41(59-24-34-17-11-8-12-18-34)44(60-25-35-19-13-9-14-20-35)45(46(56-6)66-39)61-26-36-21-15-10-16-22-36/h8-22,37-46H,23-28H2,1-7H3,(H,49,50)/t37-,38+,39+,40+,41-,42+,43+,44-,45+,46+,48+/m0/s1. The van der Waals surface area contributed by atoms with Crippen LogP contribution in [-0.4, -0.2) is 130 Å². The summed E-state index contributed by atoms with van der Waals surface area (Å²) in [5.41, 5.74) is 2.52. The Hall–Kier alpha value is -5.80. The van der Waals surface area contributed by atoms with Crippen LogP contribution in [-0.2, 0) is 105 Å². The highest BCUT2D eigenvalue weighted by molar-refractivity contribution is 5.79. The number of nitrogens with one attached hydrogen (secondary N) is 1. The van der Waals surface area contributed by atoms with Crippen molar-refractivity contribution in [2.75, 3.05) is 27.4 Å². The van der Waals surface area contributed by atoms with E-state index in [1.165, 1.54) is 14.0 Å². The molecule has 11 atom stereocenters. The van der Waals surface area contributed by atoms with Crippen LogP contribution >= 0.6 is 0 Å². The summed E-state index contributed by atoms with van der Waals surface area (Å²) in [4.78, 5) is 77.1. The van der Waals surface area contributed by atoms with Gasteiger partial charge in [-0.15, -0.1) is 0 Å². The molecule has 2 fully saturated rings. The first-order valence-corrected chi connectivity index (χ1v) is 21.6. The highest BCUT2D eigenvalue weighted by atomic mass is 16.8. The molecule has 2 aliphatic heterocycles. The number of hydrogen-bond acceptors (Lipinski definition) is 18. The van der Waals surface area contributed by atoms with Gasteiger partial charge in [0.05, 0.1) is 46.0 Å². The lowest BCUT2D eigenvalue weighted by Crippen LogP contribution is -2.70. The van der Waals surface area contributed by atoms with E-state index in [2.05, 4.69) is 5.32 Å². The molecular weight excluding hydrogens is 879 g/mol. The molecule has 0 radical (unpaired) electrons. The predicted molar refractivity (Wildman–Crippen MR) is 232 cm³/mol. The third kappa shape index (κ3) is 15.1. The lowest BCUT2D eigenvalue weighted by molar-refractivity contribution is -0.348. The smallest absolute Gasteiger partial charge is 0.366 e. The van der Waals surface area contributed by atoms with Crippen LogP contribution in [0.15, 0.2) is 91.0 Å². The molecule has 1 N–H and O–H groups in total. The van der Waals surface area contributed by atoms with Gasteiger partial charge >= 0.3 is 29.8 Å². The van der Waals surface area contributed by atoms with Crippen LogP contribution in [0, 0.1) is 0 Å². The van der Waals surface area contributed by atoms with Crippen molar-refractivity contribution < 1.29 is 85.6 Å². The summed E-state index contributed by atoms with van der Waals surface area (Å²) in [5.74, 6) is -7.79. The molecule has 0 saturated carbocycles. The first-order chi connectivity index (χ1) is 32.1. The van der Waals surface area contributed by atoms with Gasteiger partial charge in [0.2, 0.25) is 5.91 Å².